The summed E-state index contributed by atoms with van der Waals surface area (Å²) < 4.78 is 5.36. The Labute approximate surface area is 147 Å². The van der Waals surface area contributed by atoms with E-state index in [-0.39, 0.29) is 30.5 Å². The first-order valence-electron chi connectivity index (χ1n) is 7.63. The van der Waals surface area contributed by atoms with Gasteiger partial charge in [0.1, 0.15) is 5.82 Å². The molecule has 1 unspecified atom stereocenters. The molecular formula is C14H24Cl2N6O. The van der Waals surface area contributed by atoms with Crippen LogP contribution in [0.4, 0.5) is 0 Å². The third-order valence-electron chi connectivity index (χ3n) is 4.06. The van der Waals surface area contributed by atoms with Gasteiger partial charge in [-0.25, -0.2) is 14.5 Å². The summed E-state index contributed by atoms with van der Waals surface area (Å²) in [6.45, 7) is 5.95. The monoisotopic (exact) mass is 362 g/mol. The van der Waals surface area contributed by atoms with E-state index in [0.29, 0.717) is 25.6 Å². The maximum atomic E-state index is 12.4. The maximum Gasteiger partial charge on any atom is 0.345 e. The average molecular weight is 363 g/mol. The number of nitrogens with zero attached hydrogens (tertiary/aromatic N) is 5. The van der Waals surface area contributed by atoms with Crippen LogP contribution in [0.2, 0.25) is 0 Å². The molecule has 1 saturated heterocycles. The highest BCUT2D eigenvalue weighted by Gasteiger charge is 2.23. The molecule has 23 heavy (non-hydrogen) atoms. The predicted molar refractivity (Wildman–Crippen MR) is 93.7 cm³/mol. The number of piperidine rings is 1. The van der Waals surface area contributed by atoms with Crippen LogP contribution in [-0.4, -0.2) is 37.0 Å². The highest BCUT2D eigenvalue weighted by atomic mass is 35.5. The molecule has 9 heteroatoms. The van der Waals surface area contributed by atoms with Crippen LogP contribution < -0.4 is 11.0 Å². The molecule has 1 aliphatic rings. The summed E-state index contributed by atoms with van der Waals surface area (Å²) in [7, 11) is 0. The standard InChI is InChI=1S/C14H22N6O.2ClH/c1-2-19-13(12-4-3-5-15-10-12)17-20(14(19)21)9-8-18-7-6-16-11-18;;/h6-7,11-12,15H,2-5,8-10H2,1H3;2*1H. The van der Waals surface area contributed by atoms with Crippen molar-refractivity contribution >= 4 is 24.8 Å². The minimum Gasteiger partial charge on any atom is -0.336 e. The normalized spacial score (nSPS) is 17.3. The van der Waals surface area contributed by atoms with Crippen LogP contribution in [0.3, 0.4) is 0 Å². The van der Waals surface area contributed by atoms with Gasteiger partial charge in [0, 0.05) is 37.9 Å². The summed E-state index contributed by atoms with van der Waals surface area (Å²) >= 11 is 0. The maximum absolute atomic E-state index is 12.4. The van der Waals surface area contributed by atoms with Gasteiger partial charge in [-0.05, 0) is 26.3 Å². The Morgan fingerprint density at radius 1 is 1.35 bits per heavy atom. The average Bonchev–Trinajstić information content (AvgIpc) is 3.14. The molecule has 0 radical (unpaired) electrons. The Balaban J connectivity index is 0.00000132. The molecule has 0 spiro atoms. The van der Waals surface area contributed by atoms with Gasteiger partial charge in [-0.2, -0.15) is 5.10 Å². The van der Waals surface area contributed by atoms with Crippen molar-refractivity contribution in [1.29, 1.82) is 0 Å². The fourth-order valence-corrected chi connectivity index (χ4v) is 2.90. The third-order valence-corrected chi connectivity index (χ3v) is 4.06. The molecule has 1 aliphatic heterocycles. The van der Waals surface area contributed by atoms with E-state index in [0.717, 1.165) is 31.8 Å². The number of halogens is 2. The molecule has 130 valence electrons. The van der Waals surface area contributed by atoms with E-state index in [2.05, 4.69) is 15.4 Å². The summed E-state index contributed by atoms with van der Waals surface area (Å²) in [5.41, 5.74) is -0.00168. The minimum atomic E-state index is -0.00168. The number of nitrogens with one attached hydrogen (secondary N) is 1. The van der Waals surface area contributed by atoms with Crippen LogP contribution in [-0.2, 0) is 19.6 Å². The van der Waals surface area contributed by atoms with Gasteiger partial charge in [0.25, 0.3) is 0 Å². The molecule has 3 rings (SSSR count). The van der Waals surface area contributed by atoms with Crippen molar-refractivity contribution in [3.05, 3.63) is 35.0 Å². The zero-order valence-electron chi connectivity index (χ0n) is 13.2. The molecule has 0 bridgehead atoms. The Bertz CT molecular complexity index is 630. The van der Waals surface area contributed by atoms with Crippen LogP contribution in [0.25, 0.3) is 0 Å². The molecule has 0 saturated carbocycles. The molecule has 7 nitrogen and oxygen atoms in total. The Morgan fingerprint density at radius 2 is 2.17 bits per heavy atom. The van der Waals surface area contributed by atoms with Gasteiger partial charge in [-0.3, -0.25) is 4.57 Å². The number of imidazole rings is 1. The Morgan fingerprint density at radius 3 is 2.78 bits per heavy atom. The highest BCUT2D eigenvalue weighted by molar-refractivity contribution is 5.85. The van der Waals surface area contributed by atoms with Gasteiger partial charge in [0.2, 0.25) is 0 Å². The third kappa shape index (κ3) is 4.37. The van der Waals surface area contributed by atoms with E-state index < -0.39 is 0 Å². The van der Waals surface area contributed by atoms with Gasteiger partial charge in [0.05, 0.1) is 12.9 Å². The van der Waals surface area contributed by atoms with Gasteiger partial charge >= 0.3 is 5.69 Å². The molecule has 3 heterocycles. The molecule has 0 aromatic carbocycles. The van der Waals surface area contributed by atoms with Gasteiger partial charge in [-0.15, -0.1) is 24.8 Å². The number of hydrogen-bond acceptors (Lipinski definition) is 4. The van der Waals surface area contributed by atoms with Crippen molar-refractivity contribution in [3.63, 3.8) is 0 Å². The lowest BCUT2D eigenvalue weighted by Gasteiger charge is -2.21. The van der Waals surface area contributed by atoms with Crippen molar-refractivity contribution < 1.29 is 0 Å². The zero-order chi connectivity index (χ0) is 14.7. The fraction of sp³-hybridized carbons (Fsp3) is 0.643. The van der Waals surface area contributed by atoms with Crippen LogP contribution in [0.5, 0.6) is 0 Å². The van der Waals surface area contributed by atoms with Crippen LogP contribution in [0.15, 0.2) is 23.5 Å². The molecule has 1 N–H and O–H groups in total. The molecule has 2 aromatic heterocycles. The van der Waals surface area contributed by atoms with Crippen molar-refractivity contribution in [2.24, 2.45) is 0 Å². The van der Waals surface area contributed by atoms with E-state index in [1.54, 1.807) is 17.2 Å². The smallest absolute Gasteiger partial charge is 0.336 e. The first-order valence-corrected chi connectivity index (χ1v) is 7.63. The second-order valence-corrected chi connectivity index (χ2v) is 5.45. The van der Waals surface area contributed by atoms with Crippen LogP contribution in [0, 0.1) is 0 Å². The molecule has 2 aromatic rings. The van der Waals surface area contributed by atoms with Crippen molar-refractivity contribution in [2.45, 2.75) is 45.3 Å². The lowest BCUT2D eigenvalue weighted by Crippen LogP contribution is -2.31. The molecular weight excluding hydrogens is 339 g/mol. The van der Waals surface area contributed by atoms with Crippen LogP contribution >= 0.6 is 24.8 Å². The molecule has 1 atom stereocenters. The molecule has 1 fully saturated rings. The summed E-state index contributed by atoms with van der Waals surface area (Å²) in [5.74, 6) is 1.28. The summed E-state index contributed by atoms with van der Waals surface area (Å²) in [6, 6.07) is 0. The van der Waals surface area contributed by atoms with Gasteiger partial charge < -0.3 is 9.88 Å². The predicted octanol–water partition coefficient (Wildman–Crippen LogP) is 1.27. The Kier molecular flexibility index (Phi) is 7.81. The zero-order valence-corrected chi connectivity index (χ0v) is 14.9. The van der Waals surface area contributed by atoms with Crippen molar-refractivity contribution in [2.75, 3.05) is 13.1 Å². The highest BCUT2D eigenvalue weighted by Crippen LogP contribution is 2.20. The Hall–Kier alpha value is -1.31. The second-order valence-electron chi connectivity index (χ2n) is 5.45. The SMILES string of the molecule is CCn1c(C2CCCNC2)nn(CCn2ccnc2)c1=O.Cl.Cl. The summed E-state index contributed by atoms with van der Waals surface area (Å²) in [5, 5.41) is 7.99. The molecule has 0 amide bonds. The van der Waals surface area contributed by atoms with E-state index in [1.165, 1.54) is 0 Å². The van der Waals surface area contributed by atoms with Gasteiger partial charge in [-0.1, -0.05) is 0 Å². The number of aryl methyl sites for hydroxylation is 2. The number of rotatable bonds is 5. The first kappa shape index (κ1) is 19.7. The topological polar surface area (TPSA) is 69.7 Å². The van der Waals surface area contributed by atoms with Gasteiger partial charge in [0.15, 0.2) is 0 Å². The number of hydrogen-bond donors (Lipinski definition) is 1. The van der Waals surface area contributed by atoms with Crippen molar-refractivity contribution in [1.82, 2.24) is 29.2 Å². The fourth-order valence-electron chi connectivity index (χ4n) is 2.90. The lowest BCUT2D eigenvalue weighted by molar-refractivity contribution is 0.429. The van der Waals surface area contributed by atoms with E-state index in [1.807, 2.05) is 22.3 Å². The lowest BCUT2D eigenvalue weighted by atomic mass is 9.99. The van der Waals surface area contributed by atoms with E-state index in [4.69, 9.17) is 0 Å². The summed E-state index contributed by atoms with van der Waals surface area (Å²) in [6.07, 6.45) is 7.64. The minimum absolute atomic E-state index is 0. The van der Waals surface area contributed by atoms with E-state index in [9.17, 15) is 4.79 Å². The second kappa shape index (κ2) is 9.10. The van der Waals surface area contributed by atoms with E-state index >= 15 is 0 Å². The number of aromatic nitrogens is 5. The quantitative estimate of drug-likeness (QED) is 0.869. The summed E-state index contributed by atoms with van der Waals surface area (Å²) in [4.78, 5) is 16.5. The first-order chi connectivity index (χ1) is 10.3. The van der Waals surface area contributed by atoms with Crippen molar-refractivity contribution in [3.8, 4) is 0 Å². The largest absolute Gasteiger partial charge is 0.345 e. The van der Waals surface area contributed by atoms with Crippen LogP contribution in [0.1, 0.15) is 31.5 Å². The molecule has 0 aliphatic carbocycles.